The topological polar surface area (TPSA) is 19.9 Å². The van der Waals surface area contributed by atoms with E-state index in [-0.39, 0.29) is 11.5 Å². The van der Waals surface area contributed by atoms with Crippen LogP contribution in [0.4, 0.5) is 0 Å². The van der Waals surface area contributed by atoms with E-state index < -0.39 is 0 Å². The first-order chi connectivity index (χ1) is 4.60. The maximum Gasteiger partial charge on any atom is 0.0980 e. The first-order valence-electron chi connectivity index (χ1n) is 4.26. The SMILES string of the molecule is CCC([O])C(C)(CC)CC. The van der Waals surface area contributed by atoms with E-state index in [4.69, 9.17) is 0 Å². The lowest BCUT2D eigenvalue weighted by atomic mass is 9.78. The van der Waals surface area contributed by atoms with Crippen molar-refractivity contribution < 1.29 is 5.11 Å². The predicted octanol–water partition coefficient (Wildman–Crippen LogP) is 3.02. The third-order valence-corrected chi connectivity index (χ3v) is 2.76. The monoisotopic (exact) mass is 143 g/mol. The van der Waals surface area contributed by atoms with Crippen LogP contribution in [0.3, 0.4) is 0 Å². The average Bonchev–Trinajstić information content (AvgIpc) is 2.01. The lowest BCUT2D eigenvalue weighted by Gasteiger charge is -2.29. The Morgan fingerprint density at radius 2 is 1.60 bits per heavy atom. The van der Waals surface area contributed by atoms with E-state index in [9.17, 15) is 5.11 Å². The predicted molar refractivity (Wildman–Crippen MR) is 43.5 cm³/mol. The normalized spacial score (nSPS) is 15.3. The highest BCUT2D eigenvalue weighted by Crippen LogP contribution is 2.31. The van der Waals surface area contributed by atoms with Crippen molar-refractivity contribution in [2.45, 2.75) is 53.1 Å². The minimum Gasteiger partial charge on any atom is -0.233 e. The summed E-state index contributed by atoms with van der Waals surface area (Å²) in [6, 6.07) is 0. The van der Waals surface area contributed by atoms with Crippen LogP contribution in [-0.2, 0) is 5.11 Å². The van der Waals surface area contributed by atoms with Crippen molar-refractivity contribution in [2.75, 3.05) is 0 Å². The van der Waals surface area contributed by atoms with Gasteiger partial charge in [0, 0.05) is 0 Å². The highest BCUT2D eigenvalue weighted by Gasteiger charge is 2.28. The zero-order chi connectivity index (χ0) is 8.20. The van der Waals surface area contributed by atoms with Crippen LogP contribution in [0.15, 0.2) is 0 Å². The van der Waals surface area contributed by atoms with Crippen LogP contribution < -0.4 is 0 Å². The summed E-state index contributed by atoms with van der Waals surface area (Å²) in [7, 11) is 0. The van der Waals surface area contributed by atoms with Crippen LogP contribution in [0, 0.1) is 5.41 Å². The van der Waals surface area contributed by atoms with E-state index in [1.807, 2.05) is 6.92 Å². The Labute approximate surface area is 64.5 Å². The minimum absolute atomic E-state index is 0.0365. The van der Waals surface area contributed by atoms with Crippen molar-refractivity contribution in [1.29, 1.82) is 0 Å². The van der Waals surface area contributed by atoms with Gasteiger partial charge in [0.05, 0.1) is 6.10 Å². The van der Waals surface area contributed by atoms with Gasteiger partial charge in [-0.25, -0.2) is 5.11 Å². The van der Waals surface area contributed by atoms with Gasteiger partial charge in [-0.1, -0.05) is 27.7 Å². The van der Waals surface area contributed by atoms with Gasteiger partial charge >= 0.3 is 0 Å². The van der Waals surface area contributed by atoms with E-state index in [0.717, 1.165) is 19.3 Å². The third-order valence-electron chi connectivity index (χ3n) is 2.76. The second-order valence-corrected chi connectivity index (χ2v) is 3.26. The summed E-state index contributed by atoms with van der Waals surface area (Å²) < 4.78 is 0. The lowest BCUT2D eigenvalue weighted by molar-refractivity contribution is -0.0258. The molecule has 1 atom stereocenters. The fraction of sp³-hybridized carbons (Fsp3) is 1.00. The number of hydrogen-bond acceptors (Lipinski definition) is 0. The third kappa shape index (κ3) is 1.98. The van der Waals surface area contributed by atoms with Gasteiger partial charge < -0.3 is 0 Å². The van der Waals surface area contributed by atoms with E-state index in [2.05, 4.69) is 20.8 Å². The summed E-state index contributed by atoms with van der Waals surface area (Å²) >= 11 is 0. The molecule has 1 heteroatoms. The maximum atomic E-state index is 11.4. The highest BCUT2D eigenvalue weighted by molar-refractivity contribution is 4.78. The Kier molecular flexibility index (Phi) is 3.95. The average molecular weight is 143 g/mol. The molecule has 0 aromatic carbocycles. The van der Waals surface area contributed by atoms with E-state index in [1.165, 1.54) is 0 Å². The van der Waals surface area contributed by atoms with Crippen LogP contribution >= 0.6 is 0 Å². The lowest BCUT2D eigenvalue weighted by Crippen LogP contribution is -2.29. The van der Waals surface area contributed by atoms with Gasteiger partial charge in [-0.2, -0.15) is 0 Å². The van der Waals surface area contributed by atoms with E-state index in [1.54, 1.807) is 0 Å². The zero-order valence-corrected chi connectivity index (χ0v) is 7.61. The first kappa shape index (κ1) is 9.96. The summed E-state index contributed by atoms with van der Waals surface area (Å²) in [5.41, 5.74) is 0.0365. The Balaban J connectivity index is 4.02. The van der Waals surface area contributed by atoms with Crippen molar-refractivity contribution in [3.63, 3.8) is 0 Å². The zero-order valence-electron chi connectivity index (χ0n) is 7.61. The minimum atomic E-state index is -0.373. The molecule has 1 nitrogen and oxygen atoms in total. The molecule has 0 aliphatic heterocycles. The molecule has 10 heavy (non-hydrogen) atoms. The summed E-state index contributed by atoms with van der Waals surface area (Å²) in [5, 5.41) is 11.4. The fourth-order valence-corrected chi connectivity index (χ4v) is 1.20. The van der Waals surface area contributed by atoms with Gasteiger partial charge in [0.1, 0.15) is 0 Å². The summed E-state index contributed by atoms with van der Waals surface area (Å²) in [6.45, 7) is 8.27. The second kappa shape index (κ2) is 3.97. The number of hydrogen-bond donors (Lipinski definition) is 0. The summed E-state index contributed by atoms with van der Waals surface area (Å²) in [4.78, 5) is 0. The van der Waals surface area contributed by atoms with Crippen molar-refractivity contribution in [1.82, 2.24) is 0 Å². The van der Waals surface area contributed by atoms with E-state index >= 15 is 0 Å². The molecule has 0 heterocycles. The Hall–Kier alpha value is -0.0400. The first-order valence-corrected chi connectivity index (χ1v) is 4.26. The highest BCUT2D eigenvalue weighted by atomic mass is 16.3. The molecule has 0 aromatic heterocycles. The second-order valence-electron chi connectivity index (χ2n) is 3.26. The van der Waals surface area contributed by atoms with E-state index in [0.29, 0.717) is 0 Å². The van der Waals surface area contributed by atoms with Gasteiger partial charge in [0.2, 0.25) is 0 Å². The van der Waals surface area contributed by atoms with Crippen LogP contribution in [0.25, 0.3) is 0 Å². The molecular formula is C9H19O. The molecule has 0 rings (SSSR count). The van der Waals surface area contributed by atoms with Crippen molar-refractivity contribution in [3.05, 3.63) is 0 Å². The van der Waals surface area contributed by atoms with Crippen LogP contribution in [0.2, 0.25) is 0 Å². The van der Waals surface area contributed by atoms with Crippen molar-refractivity contribution in [2.24, 2.45) is 5.41 Å². The molecule has 0 aromatic rings. The van der Waals surface area contributed by atoms with Gasteiger partial charge in [-0.15, -0.1) is 0 Å². The molecule has 1 unspecified atom stereocenters. The van der Waals surface area contributed by atoms with Gasteiger partial charge in [0.25, 0.3) is 0 Å². The molecule has 0 aliphatic carbocycles. The molecule has 0 bridgehead atoms. The molecule has 0 fully saturated rings. The van der Waals surface area contributed by atoms with Gasteiger partial charge in [0.15, 0.2) is 0 Å². The molecule has 0 N–H and O–H groups in total. The van der Waals surface area contributed by atoms with Crippen molar-refractivity contribution in [3.8, 4) is 0 Å². The molecular weight excluding hydrogens is 124 g/mol. The van der Waals surface area contributed by atoms with Crippen LogP contribution in [0.5, 0.6) is 0 Å². The Morgan fingerprint density at radius 1 is 1.20 bits per heavy atom. The summed E-state index contributed by atoms with van der Waals surface area (Å²) in [5.74, 6) is 0. The molecule has 0 amide bonds. The van der Waals surface area contributed by atoms with Gasteiger partial charge in [-0.05, 0) is 24.7 Å². The van der Waals surface area contributed by atoms with Crippen LogP contribution in [0.1, 0.15) is 47.0 Å². The molecule has 61 valence electrons. The Morgan fingerprint density at radius 3 is 1.70 bits per heavy atom. The standard InChI is InChI=1S/C9H19O/c1-5-8(10)9(4,6-2)7-3/h8H,5-7H2,1-4H3. The molecule has 1 radical (unpaired) electrons. The summed E-state index contributed by atoms with van der Waals surface area (Å²) in [6.07, 6.45) is 2.40. The van der Waals surface area contributed by atoms with Crippen molar-refractivity contribution >= 4 is 0 Å². The maximum absolute atomic E-state index is 11.4. The largest absolute Gasteiger partial charge is 0.233 e. The quantitative estimate of drug-likeness (QED) is 0.576. The molecule has 0 aliphatic rings. The Bertz CT molecular complexity index is 84.7. The van der Waals surface area contributed by atoms with Crippen LogP contribution in [-0.4, -0.2) is 6.10 Å². The fourth-order valence-electron chi connectivity index (χ4n) is 1.20. The molecule has 0 saturated heterocycles. The molecule has 0 saturated carbocycles. The van der Waals surface area contributed by atoms with Gasteiger partial charge in [-0.3, -0.25) is 0 Å². The molecule has 0 spiro atoms. The smallest absolute Gasteiger partial charge is 0.0980 e. The number of rotatable bonds is 4.